The second-order valence-corrected chi connectivity index (χ2v) is 9.38. The van der Waals surface area contributed by atoms with Crippen molar-refractivity contribution in [3.63, 3.8) is 0 Å². The second kappa shape index (κ2) is 8.54. The number of rotatable bonds is 5. The zero-order chi connectivity index (χ0) is 21.2. The SMILES string of the molecule is Cc1n[nH]c(C)c1S(=O)(=O)N1CCCN(C(=O)c2ccc(OC(C)C)cc2)CC1. The third-order valence-corrected chi connectivity index (χ3v) is 7.04. The fourth-order valence-electron chi connectivity index (χ4n) is 3.52. The first kappa shape index (κ1) is 21.3. The van der Waals surface area contributed by atoms with Gasteiger partial charge in [0.15, 0.2) is 0 Å². The number of sulfonamides is 1. The minimum atomic E-state index is -3.65. The van der Waals surface area contributed by atoms with E-state index in [4.69, 9.17) is 4.74 Å². The van der Waals surface area contributed by atoms with Crippen LogP contribution in [0.4, 0.5) is 0 Å². The lowest BCUT2D eigenvalue weighted by atomic mass is 10.2. The minimum absolute atomic E-state index is 0.0672. The molecule has 0 bridgehead atoms. The van der Waals surface area contributed by atoms with Crippen LogP contribution in [-0.4, -0.2) is 66.0 Å². The number of aromatic nitrogens is 2. The molecule has 0 spiro atoms. The molecule has 1 saturated heterocycles. The Hall–Kier alpha value is -2.39. The Morgan fingerprint density at radius 3 is 2.38 bits per heavy atom. The van der Waals surface area contributed by atoms with Gasteiger partial charge in [0.1, 0.15) is 10.6 Å². The number of nitrogens with zero attached hydrogens (tertiary/aromatic N) is 3. The maximum atomic E-state index is 13.1. The number of amides is 1. The van der Waals surface area contributed by atoms with Crippen LogP contribution in [0.15, 0.2) is 29.2 Å². The maximum absolute atomic E-state index is 13.1. The molecule has 9 heteroatoms. The van der Waals surface area contributed by atoms with Crippen molar-refractivity contribution in [1.29, 1.82) is 0 Å². The van der Waals surface area contributed by atoms with Gasteiger partial charge in [-0.15, -0.1) is 0 Å². The predicted octanol–water partition coefficient (Wildman–Crippen LogP) is 2.35. The first-order chi connectivity index (χ1) is 13.7. The van der Waals surface area contributed by atoms with Crippen LogP contribution in [0.2, 0.25) is 0 Å². The van der Waals surface area contributed by atoms with Gasteiger partial charge in [0.05, 0.1) is 17.5 Å². The van der Waals surface area contributed by atoms with Crippen LogP contribution < -0.4 is 4.74 Å². The van der Waals surface area contributed by atoms with E-state index in [2.05, 4.69) is 10.2 Å². The van der Waals surface area contributed by atoms with E-state index >= 15 is 0 Å². The molecule has 3 rings (SSSR count). The van der Waals surface area contributed by atoms with E-state index in [0.717, 1.165) is 5.75 Å². The van der Waals surface area contributed by atoms with Gasteiger partial charge in [-0.1, -0.05) is 0 Å². The summed E-state index contributed by atoms with van der Waals surface area (Å²) in [6.45, 7) is 8.76. The molecular weight excluding hydrogens is 392 g/mol. The minimum Gasteiger partial charge on any atom is -0.491 e. The van der Waals surface area contributed by atoms with Crippen molar-refractivity contribution in [2.75, 3.05) is 26.2 Å². The molecule has 8 nitrogen and oxygen atoms in total. The molecule has 0 saturated carbocycles. The van der Waals surface area contributed by atoms with Crippen LogP contribution in [0, 0.1) is 13.8 Å². The summed E-state index contributed by atoms with van der Waals surface area (Å²) in [5.74, 6) is 0.617. The molecule has 1 N–H and O–H groups in total. The molecule has 29 heavy (non-hydrogen) atoms. The van der Waals surface area contributed by atoms with Crippen LogP contribution in [0.5, 0.6) is 5.75 Å². The Morgan fingerprint density at radius 2 is 1.79 bits per heavy atom. The average Bonchev–Trinajstić information content (AvgIpc) is 2.86. The smallest absolute Gasteiger partial charge is 0.253 e. The van der Waals surface area contributed by atoms with Gasteiger partial charge < -0.3 is 9.64 Å². The lowest BCUT2D eigenvalue weighted by Gasteiger charge is -2.22. The third-order valence-electron chi connectivity index (χ3n) is 4.87. The summed E-state index contributed by atoms with van der Waals surface area (Å²) in [6.07, 6.45) is 0.646. The van der Waals surface area contributed by atoms with Gasteiger partial charge in [0.25, 0.3) is 5.91 Å². The normalized spacial score (nSPS) is 16.1. The number of benzene rings is 1. The number of hydrogen-bond acceptors (Lipinski definition) is 5. The van der Waals surface area contributed by atoms with Gasteiger partial charge in [-0.25, -0.2) is 8.42 Å². The number of ether oxygens (including phenoxy) is 1. The van der Waals surface area contributed by atoms with Gasteiger partial charge in [-0.3, -0.25) is 9.89 Å². The molecule has 1 aliphatic rings. The zero-order valence-corrected chi connectivity index (χ0v) is 18.1. The zero-order valence-electron chi connectivity index (χ0n) is 17.3. The summed E-state index contributed by atoms with van der Waals surface area (Å²) >= 11 is 0. The first-order valence-electron chi connectivity index (χ1n) is 9.78. The Bertz CT molecular complexity index is 947. The standard InChI is InChI=1S/C20H28N4O4S/c1-14(2)28-18-8-6-17(7-9-18)20(25)23-10-5-11-24(13-12-23)29(26,27)19-15(3)21-22-16(19)4/h6-9,14H,5,10-13H2,1-4H3,(H,21,22). The van der Waals surface area contributed by atoms with Gasteiger partial charge in [-0.2, -0.15) is 9.40 Å². The monoisotopic (exact) mass is 420 g/mol. The number of aryl methyl sites for hydroxylation is 2. The van der Waals surface area contributed by atoms with E-state index in [1.807, 2.05) is 13.8 Å². The van der Waals surface area contributed by atoms with Crippen LogP contribution >= 0.6 is 0 Å². The van der Waals surface area contributed by atoms with Gasteiger partial charge in [0.2, 0.25) is 10.0 Å². The number of nitrogens with one attached hydrogen (secondary N) is 1. The summed E-state index contributed by atoms with van der Waals surface area (Å²) in [4.78, 5) is 14.8. The Kier molecular flexibility index (Phi) is 6.28. The molecule has 1 amide bonds. The first-order valence-corrected chi connectivity index (χ1v) is 11.2. The highest BCUT2D eigenvalue weighted by Gasteiger charge is 2.32. The molecular formula is C20H28N4O4S. The molecule has 1 aromatic heterocycles. The van der Waals surface area contributed by atoms with Crippen molar-refractivity contribution < 1.29 is 17.9 Å². The summed E-state index contributed by atoms with van der Waals surface area (Å²) < 4.78 is 33.2. The van der Waals surface area contributed by atoms with Crippen molar-refractivity contribution in [2.45, 2.75) is 45.1 Å². The van der Waals surface area contributed by atoms with Gasteiger partial charge >= 0.3 is 0 Å². The number of H-pyrrole nitrogens is 1. The quantitative estimate of drug-likeness (QED) is 0.801. The molecule has 1 aliphatic heterocycles. The van der Waals surface area contributed by atoms with Crippen LogP contribution in [0.1, 0.15) is 42.0 Å². The lowest BCUT2D eigenvalue weighted by molar-refractivity contribution is 0.0764. The van der Waals surface area contributed by atoms with Crippen molar-refractivity contribution in [3.8, 4) is 5.75 Å². The summed E-state index contributed by atoms with van der Waals surface area (Å²) in [5, 5.41) is 6.73. The summed E-state index contributed by atoms with van der Waals surface area (Å²) in [6, 6.07) is 7.06. The topological polar surface area (TPSA) is 95.6 Å². The van der Waals surface area contributed by atoms with Crippen LogP contribution in [0.3, 0.4) is 0 Å². The van der Waals surface area contributed by atoms with E-state index in [-0.39, 0.29) is 23.5 Å². The molecule has 1 aromatic carbocycles. The maximum Gasteiger partial charge on any atom is 0.253 e. The molecule has 158 valence electrons. The van der Waals surface area contributed by atoms with Crippen molar-refractivity contribution in [2.24, 2.45) is 0 Å². The molecule has 0 aliphatic carbocycles. The van der Waals surface area contributed by atoms with E-state index < -0.39 is 10.0 Å². The van der Waals surface area contributed by atoms with Gasteiger partial charge in [0, 0.05) is 31.7 Å². The largest absolute Gasteiger partial charge is 0.491 e. The molecule has 2 heterocycles. The van der Waals surface area contributed by atoms with E-state index in [9.17, 15) is 13.2 Å². The van der Waals surface area contributed by atoms with Crippen molar-refractivity contribution in [1.82, 2.24) is 19.4 Å². The Balaban J connectivity index is 1.70. The van der Waals surface area contributed by atoms with Crippen LogP contribution in [-0.2, 0) is 10.0 Å². The third kappa shape index (κ3) is 4.62. The highest BCUT2D eigenvalue weighted by Crippen LogP contribution is 2.23. The number of hydrogen-bond donors (Lipinski definition) is 1. The Labute approximate surface area is 171 Å². The Morgan fingerprint density at radius 1 is 1.10 bits per heavy atom. The highest BCUT2D eigenvalue weighted by molar-refractivity contribution is 7.89. The molecule has 0 unspecified atom stereocenters. The number of aromatic amines is 1. The fraction of sp³-hybridized carbons (Fsp3) is 0.500. The molecule has 0 atom stereocenters. The number of carbonyl (C=O) groups excluding carboxylic acids is 1. The number of carbonyl (C=O) groups is 1. The van der Waals surface area contributed by atoms with Crippen molar-refractivity contribution >= 4 is 15.9 Å². The summed E-state index contributed by atoms with van der Waals surface area (Å²) in [7, 11) is -3.65. The lowest BCUT2D eigenvalue weighted by Crippen LogP contribution is -2.37. The van der Waals surface area contributed by atoms with Gasteiger partial charge in [-0.05, 0) is 58.4 Å². The van der Waals surface area contributed by atoms with Crippen LogP contribution in [0.25, 0.3) is 0 Å². The molecule has 2 aromatic rings. The fourth-order valence-corrected chi connectivity index (χ4v) is 5.32. The molecule has 1 fully saturated rings. The van der Waals surface area contributed by atoms with E-state index in [1.165, 1.54) is 4.31 Å². The second-order valence-electron chi connectivity index (χ2n) is 7.50. The van der Waals surface area contributed by atoms with E-state index in [1.54, 1.807) is 43.0 Å². The molecule has 0 radical (unpaired) electrons. The summed E-state index contributed by atoms with van der Waals surface area (Å²) in [5.41, 5.74) is 1.56. The highest BCUT2D eigenvalue weighted by atomic mass is 32.2. The van der Waals surface area contributed by atoms with Crippen molar-refractivity contribution in [3.05, 3.63) is 41.2 Å². The average molecular weight is 421 g/mol. The van der Waals surface area contributed by atoms with E-state index in [0.29, 0.717) is 43.0 Å². The predicted molar refractivity (Wildman–Crippen MR) is 110 cm³/mol.